The second-order valence-electron chi connectivity index (χ2n) is 3.91. The molecule has 0 bridgehead atoms. The number of aliphatic carboxylic acids is 1. The molecular formula is C8H15NO5S. The fourth-order valence-corrected chi connectivity index (χ4v) is 3.01. The molecule has 1 aliphatic rings. The molecule has 2 unspecified atom stereocenters. The van der Waals surface area contributed by atoms with Crippen molar-refractivity contribution in [1.29, 1.82) is 0 Å². The van der Waals surface area contributed by atoms with E-state index in [2.05, 4.69) is 0 Å². The van der Waals surface area contributed by atoms with Crippen molar-refractivity contribution in [2.45, 2.75) is 37.7 Å². The van der Waals surface area contributed by atoms with Crippen LogP contribution in [0.1, 0.15) is 20.3 Å². The van der Waals surface area contributed by atoms with Gasteiger partial charge in [-0.15, -0.1) is 0 Å². The van der Waals surface area contributed by atoms with Gasteiger partial charge in [0.2, 0.25) is 10.0 Å². The third-order valence-electron chi connectivity index (χ3n) is 2.44. The zero-order valence-corrected chi connectivity index (χ0v) is 9.44. The van der Waals surface area contributed by atoms with Crippen molar-refractivity contribution in [2.24, 2.45) is 0 Å². The van der Waals surface area contributed by atoms with Gasteiger partial charge in [-0.3, -0.25) is 4.79 Å². The minimum atomic E-state index is -3.61. The Balaban J connectivity index is 2.99. The maximum absolute atomic E-state index is 11.7. The van der Waals surface area contributed by atoms with E-state index in [1.807, 2.05) is 0 Å². The van der Waals surface area contributed by atoms with Crippen LogP contribution in [-0.4, -0.2) is 52.8 Å². The summed E-state index contributed by atoms with van der Waals surface area (Å²) < 4.78 is 24.4. The first kappa shape index (κ1) is 12.4. The molecular weight excluding hydrogens is 222 g/mol. The van der Waals surface area contributed by atoms with Gasteiger partial charge in [-0.05, 0) is 13.8 Å². The highest BCUT2D eigenvalue weighted by molar-refractivity contribution is 7.89. The lowest BCUT2D eigenvalue weighted by atomic mass is 10.2. The number of carboxylic acids is 1. The number of aliphatic hydroxyl groups is 1. The number of rotatable bonds is 3. The molecule has 1 heterocycles. The molecule has 6 nitrogen and oxygen atoms in total. The number of aliphatic hydroxyl groups excluding tert-OH is 1. The predicted octanol–water partition coefficient (Wildman–Crippen LogP) is -0.756. The number of β-amino-alcohol motifs (C(OH)–C–C–N with tert-alkyl or cyclic N) is 1. The van der Waals surface area contributed by atoms with Crippen LogP contribution in [0.2, 0.25) is 0 Å². The van der Waals surface area contributed by atoms with Crippen LogP contribution < -0.4 is 0 Å². The molecule has 2 atom stereocenters. The fraction of sp³-hybridized carbons (Fsp3) is 0.875. The Bertz CT molecular complexity index is 350. The summed E-state index contributed by atoms with van der Waals surface area (Å²) >= 11 is 0. The van der Waals surface area contributed by atoms with Crippen LogP contribution in [0.3, 0.4) is 0 Å². The fourth-order valence-electron chi connectivity index (χ4n) is 1.56. The quantitative estimate of drug-likeness (QED) is 0.673. The molecule has 1 saturated heterocycles. The summed E-state index contributed by atoms with van der Waals surface area (Å²) in [5.74, 6) is -1.21. The second-order valence-corrected chi connectivity index (χ2v) is 6.35. The Kier molecular flexibility index (Phi) is 3.37. The maximum atomic E-state index is 11.7. The van der Waals surface area contributed by atoms with Gasteiger partial charge >= 0.3 is 5.97 Å². The van der Waals surface area contributed by atoms with Crippen molar-refractivity contribution in [1.82, 2.24) is 4.31 Å². The lowest BCUT2D eigenvalue weighted by molar-refractivity contribution is -0.140. The van der Waals surface area contributed by atoms with Crippen molar-refractivity contribution in [2.75, 3.05) is 6.54 Å². The van der Waals surface area contributed by atoms with Crippen LogP contribution in [-0.2, 0) is 14.8 Å². The molecule has 0 aromatic carbocycles. The number of nitrogens with zero attached hydrogens (tertiary/aromatic N) is 1. The van der Waals surface area contributed by atoms with Crippen molar-refractivity contribution in [3.63, 3.8) is 0 Å². The Labute approximate surface area is 88.6 Å². The normalized spacial score (nSPS) is 28.5. The molecule has 2 N–H and O–H groups in total. The van der Waals surface area contributed by atoms with E-state index >= 15 is 0 Å². The van der Waals surface area contributed by atoms with Crippen LogP contribution >= 0.6 is 0 Å². The largest absolute Gasteiger partial charge is 0.480 e. The molecule has 0 radical (unpaired) electrons. The minimum absolute atomic E-state index is 0.0404. The number of carboxylic acid groups (broad SMARTS) is 1. The van der Waals surface area contributed by atoms with Crippen molar-refractivity contribution < 1.29 is 23.4 Å². The van der Waals surface area contributed by atoms with E-state index in [0.29, 0.717) is 0 Å². The third kappa shape index (κ3) is 2.30. The summed E-state index contributed by atoms with van der Waals surface area (Å²) in [6.07, 6.45) is -0.930. The first-order chi connectivity index (χ1) is 6.76. The Morgan fingerprint density at radius 3 is 2.40 bits per heavy atom. The summed E-state index contributed by atoms with van der Waals surface area (Å²) in [6, 6.07) is -1.13. The Hall–Kier alpha value is -0.660. The monoisotopic (exact) mass is 237 g/mol. The van der Waals surface area contributed by atoms with Crippen LogP contribution in [0, 0.1) is 0 Å². The lowest BCUT2D eigenvalue weighted by Gasteiger charge is -2.22. The summed E-state index contributed by atoms with van der Waals surface area (Å²) in [7, 11) is -3.61. The lowest BCUT2D eigenvalue weighted by Crippen LogP contribution is -2.43. The predicted molar refractivity (Wildman–Crippen MR) is 52.8 cm³/mol. The molecule has 1 rings (SSSR count). The number of sulfonamides is 1. The van der Waals surface area contributed by atoms with E-state index in [1.54, 1.807) is 0 Å². The van der Waals surface area contributed by atoms with E-state index in [-0.39, 0.29) is 13.0 Å². The van der Waals surface area contributed by atoms with Gasteiger partial charge in [0.15, 0.2) is 0 Å². The molecule has 15 heavy (non-hydrogen) atoms. The molecule has 1 aliphatic heterocycles. The van der Waals surface area contributed by atoms with Crippen molar-refractivity contribution in [3.8, 4) is 0 Å². The maximum Gasteiger partial charge on any atom is 0.322 e. The van der Waals surface area contributed by atoms with E-state index in [4.69, 9.17) is 5.11 Å². The van der Waals surface area contributed by atoms with Gasteiger partial charge in [-0.1, -0.05) is 0 Å². The Morgan fingerprint density at radius 1 is 1.47 bits per heavy atom. The van der Waals surface area contributed by atoms with Gasteiger partial charge < -0.3 is 10.2 Å². The molecule has 0 aromatic rings. The molecule has 7 heteroatoms. The highest BCUT2D eigenvalue weighted by atomic mass is 32.2. The molecule has 0 saturated carbocycles. The molecule has 0 aromatic heterocycles. The highest BCUT2D eigenvalue weighted by Gasteiger charge is 2.43. The molecule has 1 fully saturated rings. The van der Waals surface area contributed by atoms with Gasteiger partial charge in [-0.25, -0.2) is 8.42 Å². The zero-order chi connectivity index (χ0) is 11.8. The highest BCUT2D eigenvalue weighted by Crippen LogP contribution is 2.24. The van der Waals surface area contributed by atoms with E-state index < -0.39 is 33.4 Å². The topological polar surface area (TPSA) is 94.9 Å². The average Bonchev–Trinajstić information content (AvgIpc) is 2.47. The van der Waals surface area contributed by atoms with Gasteiger partial charge in [0.25, 0.3) is 0 Å². The smallest absolute Gasteiger partial charge is 0.322 e. The molecule has 88 valence electrons. The molecule has 0 aliphatic carbocycles. The zero-order valence-electron chi connectivity index (χ0n) is 8.62. The number of hydrogen-bond acceptors (Lipinski definition) is 4. The number of hydrogen-bond donors (Lipinski definition) is 2. The molecule has 0 spiro atoms. The van der Waals surface area contributed by atoms with Crippen LogP contribution in [0.15, 0.2) is 0 Å². The van der Waals surface area contributed by atoms with Gasteiger partial charge in [-0.2, -0.15) is 4.31 Å². The van der Waals surface area contributed by atoms with Gasteiger partial charge in [0.1, 0.15) is 6.04 Å². The summed E-state index contributed by atoms with van der Waals surface area (Å²) in [4.78, 5) is 10.8. The summed E-state index contributed by atoms with van der Waals surface area (Å²) in [6.45, 7) is 2.84. The van der Waals surface area contributed by atoms with E-state index in [9.17, 15) is 18.3 Å². The SMILES string of the molecule is CC(C)S(=O)(=O)N1CC(O)CC1C(=O)O. The van der Waals surface area contributed by atoms with E-state index in [1.165, 1.54) is 13.8 Å². The standard InChI is InChI=1S/C8H15NO5S/c1-5(2)15(13,14)9-4-6(10)3-7(9)8(11)12/h5-7,10H,3-4H2,1-2H3,(H,11,12). The first-order valence-electron chi connectivity index (χ1n) is 4.68. The van der Waals surface area contributed by atoms with Gasteiger partial charge in [0, 0.05) is 13.0 Å². The average molecular weight is 237 g/mol. The molecule has 0 amide bonds. The van der Waals surface area contributed by atoms with Crippen LogP contribution in [0.4, 0.5) is 0 Å². The van der Waals surface area contributed by atoms with Crippen LogP contribution in [0.25, 0.3) is 0 Å². The Morgan fingerprint density at radius 2 is 2.00 bits per heavy atom. The van der Waals surface area contributed by atoms with Gasteiger partial charge in [0.05, 0.1) is 11.4 Å². The van der Waals surface area contributed by atoms with Crippen LogP contribution in [0.5, 0.6) is 0 Å². The van der Waals surface area contributed by atoms with Crippen molar-refractivity contribution >= 4 is 16.0 Å². The summed E-state index contributed by atoms with van der Waals surface area (Å²) in [5, 5.41) is 17.4. The number of carbonyl (C=O) groups is 1. The van der Waals surface area contributed by atoms with Crippen molar-refractivity contribution in [3.05, 3.63) is 0 Å². The second kappa shape index (κ2) is 4.07. The summed E-state index contributed by atoms with van der Waals surface area (Å²) in [5.41, 5.74) is 0. The van der Waals surface area contributed by atoms with E-state index in [0.717, 1.165) is 4.31 Å². The third-order valence-corrected chi connectivity index (χ3v) is 4.69. The minimum Gasteiger partial charge on any atom is -0.480 e. The first-order valence-corrected chi connectivity index (χ1v) is 6.18.